The molecule has 0 amide bonds. The van der Waals surface area contributed by atoms with E-state index in [1.807, 2.05) is 30.2 Å². The zero-order valence-corrected chi connectivity index (χ0v) is 12.8. The van der Waals surface area contributed by atoms with Crippen LogP contribution in [0.3, 0.4) is 0 Å². The smallest absolute Gasteiger partial charge is 0.329 e. The van der Waals surface area contributed by atoms with Crippen molar-refractivity contribution >= 4 is 5.97 Å². The number of hydrogen-bond donors (Lipinski definition) is 0. The quantitative estimate of drug-likeness (QED) is 0.595. The summed E-state index contributed by atoms with van der Waals surface area (Å²) in [5, 5.41) is 1.91. The van der Waals surface area contributed by atoms with E-state index in [2.05, 4.69) is 19.1 Å². The molecule has 0 spiro atoms. The van der Waals surface area contributed by atoms with Crippen LogP contribution in [0.2, 0.25) is 0 Å². The molecule has 1 aromatic carbocycles. The van der Waals surface area contributed by atoms with E-state index in [-0.39, 0.29) is 5.97 Å². The van der Waals surface area contributed by atoms with E-state index in [0.717, 1.165) is 37.7 Å². The van der Waals surface area contributed by atoms with Crippen molar-refractivity contribution in [3.8, 4) is 0 Å². The summed E-state index contributed by atoms with van der Waals surface area (Å²) >= 11 is 0. The molecule has 2 heterocycles. The molecule has 1 aromatic rings. The highest BCUT2D eigenvalue weighted by Gasteiger charge is 2.73. The van der Waals surface area contributed by atoms with Gasteiger partial charge in [0, 0.05) is 12.0 Å². The minimum atomic E-state index is -0.595. The van der Waals surface area contributed by atoms with Crippen LogP contribution in [0.15, 0.2) is 30.3 Å². The van der Waals surface area contributed by atoms with Crippen molar-refractivity contribution < 1.29 is 14.4 Å². The average Bonchev–Trinajstić information content (AvgIpc) is 3.18. The number of fused-ring (bicyclic) bond motifs is 1. The minimum absolute atomic E-state index is 0.131. The largest absolute Gasteiger partial charge is 0.465 e. The molecule has 3 rings (SSSR count). The second kappa shape index (κ2) is 5.43. The van der Waals surface area contributed by atoms with Gasteiger partial charge < -0.3 is 4.74 Å². The number of benzene rings is 1. The maximum Gasteiger partial charge on any atom is 0.329 e. The fraction of sp³-hybridized carbons (Fsp3) is 0.588. The Labute approximate surface area is 126 Å². The van der Waals surface area contributed by atoms with E-state index in [4.69, 9.17) is 9.57 Å². The van der Waals surface area contributed by atoms with Crippen LogP contribution in [0.25, 0.3) is 0 Å². The molecule has 0 bridgehead atoms. The minimum Gasteiger partial charge on any atom is -0.465 e. The zero-order chi connectivity index (χ0) is 14.9. The third-order valence-electron chi connectivity index (χ3n) is 4.63. The Kier molecular flexibility index (Phi) is 3.76. The lowest BCUT2D eigenvalue weighted by Gasteiger charge is -2.27. The molecule has 0 aliphatic carbocycles. The summed E-state index contributed by atoms with van der Waals surface area (Å²) in [6.07, 6.45) is 4.52. The SMILES string of the molecule is CCCC[C@@]1(C(=O)OCC)CC[C@@]2(c3ccccc3)ON12. The Hall–Kier alpha value is -1.39. The Morgan fingerprint density at radius 1 is 1.29 bits per heavy atom. The predicted octanol–water partition coefficient (Wildman–Crippen LogP) is 3.37. The summed E-state index contributed by atoms with van der Waals surface area (Å²) in [5.41, 5.74) is 0.136. The van der Waals surface area contributed by atoms with E-state index < -0.39 is 11.3 Å². The van der Waals surface area contributed by atoms with Crippen molar-refractivity contribution in [1.82, 2.24) is 5.06 Å². The van der Waals surface area contributed by atoms with Gasteiger partial charge in [-0.2, -0.15) is 0 Å². The van der Waals surface area contributed by atoms with E-state index in [0.29, 0.717) is 6.61 Å². The summed E-state index contributed by atoms with van der Waals surface area (Å²) in [6.45, 7) is 4.41. The van der Waals surface area contributed by atoms with Crippen molar-refractivity contribution in [2.24, 2.45) is 0 Å². The highest BCUT2D eigenvalue weighted by Crippen LogP contribution is 2.61. The Morgan fingerprint density at radius 2 is 2.05 bits per heavy atom. The van der Waals surface area contributed by atoms with Crippen molar-refractivity contribution in [3.63, 3.8) is 0 Å². The lowest BCUT2D eigenvalue weighted by Crippen LogP contribution is -2.45. The van der Waals surface area contributed by atoms with Gasteiger partial charge in [0.2, 0.25) is 0 Å². The van der Waals surface area contributed by atoms with Gasteiger partial charge in [0.15, 0.2) is 5.72 Å². The molecule has 114 valence electrons. The normalized spacial score (nSPS) is 33.5. The van der Waals surface area contributed by atoms with Gasteiger partial charge >= 0.3 is 5.97 Å². The summed E-state index contributed by atoms with van der Waals surface area (Å²) in [6, 6.07) is 10.2. The first-order valence-corrected chi connectivity index (χ1v) is 7.92. The maximum atomic E-state index is 12.5. The van der Waals surface area contributed by atoms with Crippen LogP contribution in [0.4, 0.5) is 0 Å². The Balaban J connectivity index is 1.86. The van der Waals surface area contributed by atoms with Gasteiger partial charge in [0.25, 0.3) is 0 Å². The fourth-order valence-corrected chi connectivity index (χ4v) is 3.45. The third kappa shape index (κ3) is 2.17. The zero-order valence-electron chi connectivity index (χ0n) is 12.8. The van der Waals surface area contributed by atoms with Crippen molar-refractivity contribution in [3.05, 3.63) is 35.9 Å². The van der Waals surface area contributed by atoms with Gasteiger partial charge in [-0.3, -0.25) is 4.84 Å². The topological polar surface area (TPSA) is 41.8 Å². The molecule has 0 N–H and O–H groups in total. The number of esters is 1. The van der Waals surface area contributed by atoms with Crippen molar-refractivity contribution in [1.29, 1.82) is 0 Å². The van der Waals surface area contributed by atoms with Crippen LogP contribution in [0.1, 0.15) is 51.5 Å². The maximum absolute atomic E-state index is 12.5. The van der Waals surface area contributed by atoms with Crippen LogP contribution in [-0.2, 0) is 20.1 Å². The highest BCUT2D eigenvalue weighted by molar-refractivity contribution is 5.82. The average molecular weight is 289 g/mol. The molecule has 4 nitrogen and oxygen atoms in total. The molecular formula is C17H23NO3. The van der Waals surface area contributed by atoms with Crippen LogP contribution in [0.5, 0.6) is 0 Å². The van der Waals surface area contributed by atoms with Crippen LogP contribution >= 0.6 is 0 Å². The van der Waals surface area contributed by atoms with E-state index in [9.17, 15) is 4.79 Å². The molecule has 3 atom stereocenters. The number of carbonyl (C=O) groups is 1. The van der Waals surface area contributed by atoms with Gasteiger partial charge in [-0.05, 0) is 19.8 Å². The first-order valence-electron chi connectivity index (χ1n) is 7.92. The highest BCUT2D eigenvalue weighted by atomic mass is 16.9. The van der Waals surface area contributed by atoms with Gasteiger partial charge in [0.1, 0.15) is 5.54 Å². The summed E-state index contributed by atoms with van der Waals surface area (Å²) in [7, 11) is 0. The molecule has 2 saturated heterocycles. The Bertz CT molecular complexity index is 518. The number of nitrogens with zero attached hydrogens (tertiary/aromatic N) is 1. The van der Waals surface area contributed by atoms with Crippen LogP contribution in [0, 0.1) is 0 Å². The fourth-order valence-electron chi connectivity index (χ4n) is 3.45. The lowest BCUT2D eigenvalue weighted by molar-refractivity contribution is -0.159. The van der Waals surface area contributed by atoms with E-state index >= 15 is 0 Å². The van der Waals surface area contributed by atoms with Gasteiger partial charge in [0.05, 0.1) is 6.61 Å². The van der Waals surface area contributed by atoms with E-state index in [1.54, 1.807) is 0 Å². The molecule has 2 aliphatic heterocycles. The van der Waals surface area contributed by atoms with Crippen LogP contribution < -0.4 is 0 Å². The molecule has 2 fully saturated rings. The molecule has 0 aromatic heterocycles. The molecule has 0 radical (unpaired) electrons. The number of carbonyl (C=O) groups excluding carboxylic acids is 1. The predicted molar refractivity (Wildman–Crippen MR) is 79.2 cm³/mol. The summed E-state index contributed by atoms with van der Waals surface area (Å²) in [4.78, 5) is 18.5. The number of unbranched alkanes of at least 4 members (excludes halogenated alkanes) is 1. The number of hydrogen-bond acceptors (Lipinski definition) is 4. The monoisotopic (exact) mass is 289 g/mol. The first-order chi connectivity index (χ1) is 10.2. The van der Waals surface area contributed by atoms with Gasteiger partial charge in [-0.15, -0.1) is 5.06 Å². The molecule has 4 heteroatoms. The van der Waals surface area contributed by atoms with Crippen molar-refractivity contribution in [2.75, 3.05) is 6.61 Å². The third-order valence-corrected chi connectivity index (χ3v) is 4.63. The van der Waals surface area contributed by atoms with Gasteiger partial charge in [-0.25, -0.2) is 4.79 Å². The number of hydroxylamine groups is 2. The van der Waals surface area contributed by atoms with Crippen molar-refractivity contribution in [2.45, 2.75) is 57.2 Å². The molecule has 0 saturated carbocycles. The Morgan fingerprint density at radius 3 is 2.67 bits per heavy atom. The first kappa shape index (κ1) is 14.5. The summed E-state index contributed by atoms with van der Waals surface area (Å²) < 4.78 is 5.34. The van der Waals surface area contributed by atoms with Crippen LogP contribution in [-0.4, -0.2) is 23.2 Å². The number of ether oxygens (including phenoxy) is 1. The molecule has 21 heavy (non-hydrogen) atoms. The second-order valence-electron chi connectivity index (χ2n) is 5.89. The lowest BCUT2D eigenvalue weighted by atomic mass is 9.90. The molecular weight excluding hydrogens is 266 g/mol. The molecule has 1 unspecified atom stereocenters. The number of rotatable bonds is 6. The van der Waals surface area contributed by atoms with Gasteiger partial charge in [-0.1, -0.05) is 50.1 Å². The van der Waals surface area contributed by atoms with E-state index in [1.165, 1.54) is 0 Å². The standard InChI is InChI=1S/C17H23NO3/c1-3-5-11-16(15(19)20-4-2)12-13-17(18(16)21-17)14-9-7-6-8-10-14/h6-10H,3-5,11-13H2,1-2H3/t16-,17-,18?/m0/s1. The summed E-state index contributed by atoms with van der Waals surface area (Å²) in [5.74, 6) is -0.131. The second-order valence-corrected chi connectivity index (χ2v) is 5.89. The molecule has 2 aliphatic rings.